The van der Waals surface area contributed by atoms with Crippen LogP contribution in [0.25, 0.3) is 32.2 Å². The maximum atomic E-state index is 4.71. The molecule has 2 aromatic heterocycles. The van der Waals surface area contributed by atoms with Crippen molar-refractivity contribution in [3.05, 3.63) is 77.3 Å². The third-order valence-electron chi connectivity index (χ3n) is 4.23. The number of hydrogen-bond acceptors (Lipinski definition) is 5. The molecule has 0 saturated carbocycles. The summed E-state index contributed by atoms with van der Waals surface area (Å²) in [6.45, 7) is 0. The Hall–Kier alpha value is -2.28. The fourth-order valence-electron chi connectivity index (χ4n) is 2.95. The van der Waals surface area contributed by atoms with Gasteiger partial charge in [-0.2, -0.15) is 0 Å². The van der Waals surface area contributed by atoms with E-state index in [0.717, 1.165) is 41.4 Å². The summed E-state index contributed by atoms with van der Waals surface area (Å²) >= 11 is 6.74. The van der Waals surface area contributed by atoms with E-state index < -0.39 is 0 Å². The topological polar surface area (TPSA) is 38.7 Å². The summed E-state index contributed by atoms with van der Waals surface area (Å²) in [4.78, 5) is 4.71. The third-order valence-corrected chi connectivity index (χ3v) is 6.85. The Bertz CT molecular complexity index is 1230. The van der Waals surface area contributed by atoms with Gasteiger partial charge in [0.1, 0.15) is 10.7 Å². The van der Waals surface area contributed by atoms with E-state index >= 15 is 0 Å². The highest BCUT2D eigenvalue weighted by Crippen LogP contribution is 2.38. The van der Waals surface area contributed by atoms with Gasteiger partial charge in [-0.25, -0.2) is 4.98 Å². The van der Waals surface area contributed by atoms with Crippen molar-refractivity contribution in [2.75, 3.05) is 0 Å². The molecule has 27 heavy (non-hydrogen) atoms. The fraction of sp³-hybridized carbons (Fsp3) is 0. The summed E-state index contributed by atoms with van der Waals surface area (Å²) in [5.74, 6) is 0. The highest BCUT2D eigenvalue weighted by molar-refractivity contribution is 9.10. The lowest BCUT2D eigenvalue weighted by atomic mass is 10.1. The van der Waals surface area contributed by atoms with Gasteiger partial charge >= 0.3 is 0 Å². The summed E-state index contributed by atoms with van der Waals surface area (Å²) in [5.41, 5.74) is 2.97. The molecule has 0 unspecified atom stereocenters. The summed E-state index contributed by atoms with van der Waals surface area (Å²) in [5, 5.41) is 12.2. The van der Waals surface area contributed by atoms with E-state index in [0.29, 0.717) is 0 Å². The van der Waals surface area contributed by atoms with Crippen LogP contribution >= 0.6 is 39.0 Å². The van der Waals surface area contributed by atoms with Gasteiger partial charge < -0.3 is 0 Å². The second-order valence-corrected chi connectivity index (χ2v) is 9.14. The Balaban J connectivity index is 1.61. The molecule has 0 atom stereocenters. The van der Waals surface area contributed by atoms with Crippen LogP contribution in [0.2, 0.25) is 0 Å². The molecule has 0 amide bonds. The van der Waals surface area contributed by atoms with Gasteiger partial charge in [-0.3, -0.25) is 0 Å². The van der Waals surface area contributed by atoms with Gasteiger partial charge in [-0.15, -0.1) is 21.5 Å². The minimum absolute atomic E-state index is 0.880. The number of nitrogens with zero attached hydrogens (tertiary/aromatic N) is 3. The molecule has 130 valence electrons. The number of thiazole rings is 1. The summed E-state index contributed by atoms with van der Waals surface area (Å²) < 4.78 is 3.21. The second kappa shape index (κ2) is 7.03. The van der Waals surface area contributed by atoms with E-state index in [-0.39, 0.29) is 0 Å². The normalized spacial score (nSPS) is 11.3. The number of para-hydroxylation sites is 1. The summed E-state index contributed by atoms with van der Waals surface area (Å²) in [7, 11) is 0. The quantitative estimate of drug-likeness (QED) is 0.302. The number of fused-ring (bicyclic) bond motifs is 2. The molecule has 0 radical (unpaired) electrons. The van der Waals surface area contributed by atoms with Gasteiger partial charge in [0, 0.05) is 20.8 Å². The number of hydrogen-bond donors (Lipinski definition) is 0. The summed E-state index contributed by atoms with van der Waals surface area (Å²) in [6, 6.07) is 24.6. The summed E-state index contributed by atoms with van der Waals surface area (Å²) in [6.07, 6.45) is 0. The third kappa shape index (κ3) is 3.25. The zero-order valence-electron chi connectivity index (χ0n) is 14.0. The lowest BCUT2D eigenvalue weighted by Crippen LogP contribution is -1.93. The largest absolute Gasteiger partial charge is 0.229 e. The Labute approximate surface area is 172 Å². The Morgan fingerprint density at radius 1 is 0.778 bits per heavy atom. The standard InChI is InChI=1S/C21H12BrN3S2/c22-14-11-9-13(10-12-14)19-15-5-1-2-6-16(15)20(25-24-19)27-21-23-17-7-3-4-8-18(17)26-21/h1-12H. The second-order valence-electron chi connectivity index (χ2n) is 5.96. The average molecular weight is 450 g/mol. The number of benzene rings is 3. The molecule has 0 aliphatic rings. The van der Waals surface area contributed by atoms with Gasteiger partial charge in [-0.05, 0) is 36.0 Å². The average Bonchev–Trinajstić information content (AvgIpc) is 3.11. The predicted octanol–water partition coefficient (Wildman–Crippen LogP) is 6.82. The Kier molecular flexibility index (Phi) is 4.39. The van der Waals surface area contributed by atoms with E-state index in [4.69, 9.17) is 4.98 Å². The van der Waals surface area contributed by atoms with Crippen molar-refractivity contribution in [1.82, 2.24) is 15.2 Å². The van der Waals surface area contributed by atoms with Crippen molar-refractivity contribution in [1.29, 1.82) is 0 Å². The van der Waals surface area contributed by atoms with E-state index in [9.17, 15) is 0 Å². The van der Waals surface area contributed by atoms with Crippen LogP contribution in [0.3, 0.4) is 0 Å². The fourth-order valence-corrected chi connectivity index (χ4v) is 5.27. The molecule has 0 fully saturated rings. The molecule has 0 N–H and O–H groups in total. The molecule has 5 aromatic rings. The van der Waals surface area contributed by atoms with Crippen LogP contribution in [-0.4, -0.2) is 15.2 Å². The van der Waals surface area contributed by atoms with Gasteiger partial charge in [0.05, 0.1) is 10.2 Å². The highest BCUT2D eigenvalue weighted by atomic mass is 79.9. The number of aromatic nitrogens is 3. The zero-order valence-corrected chi connectivity index (χ0v) is 17.2. The van der Waals surface area contributed by atoms with Crippen molar-refractivity contribution < 1.29 is 0 Å². The van der Waals surface area contributed by atoms with Crippen LogP contribution < -0.4 is 0 Å². The van der Waals surface area contributed by atoms with Crippen LogP contribution in [-0.2, 0) is 0 Å². The van der Waals surface area contributed by atoms with Crippen molar-refractivity contribution in [2.24, 2.45) is 0 Å². The molecular formula is C21H12BrN3S2. The molecule has 3 aromatic carbocycles. The molecule has 0 bridgehead atoms. The first-order valence-electron chi connectivity index (χ1n) is 8.33. The van der Waals surface area contributed by atoms with Crippen molar-refractivity contribution in [2.45, 2.75) is 9.37 Å². The van der Waals surface area contributed by atoms with Crippen LogP contribution in [0.5, 0.6) is 0 Å². The first kappa shape index (κ1) is 16.9. The van der Waals surface area contributed by atoms with Crippen molar-refractivity contribution >= 4 is 60.0 Å². The van der Waals surface area contributed by atoms with Gasteiger partial charge in [0.25, 0.3) is 0 Å². The van der Waals surface area contributed by atoms with Crippen molar-refractivity contribution in [3.8, 4) is 11.3 Å². The Morgan fingerprint density at radius 3 is 2.33 bits per heavy atom. The van der Waals surface area contributed by atoms with Crippen LogP contribution in [0.15, 0.2) is 86.6 Å². The predicted molar refractivity (Wildman–Crippen MR) is 116 cm³/mol. The van der Waals surface area contributed by atoms with Gasteiger partial charge in [-0.1, -0.05) is 64.5 Å². The lowest BCUT2D eigenvalue weighted by Gasteiger charge is -2.08. The smallest absolute Gasteiger partial charge is 0.157 e. The Morgan fingerprint density at radius 2 is 1.52 bits per heavy atom. The van der Waals surface area contributed by atoms with E-state index in [1.54, 1.807) is 23.1 Å². The first-order valence-corrected chi connectivity index (χ1v) is 10.8. The monoisotopic (exact) mass is 449 g/mol. The minimum Gasteiger partial charge on any atom is -0.229 e. The van der Waals surface area contributed by atoms with E-state index in [1.165, 1.54) is 4.70 Å². The van der Waals surface area contributed by atoms with Crippen molar-refractivity contribution in [3.63, 3.8) is 0 Å². The van der Waals surface area contributed by atoms with Crippen LogP contribution in [0, 0.1) is 0 Å². The highest BCUT2D eigenvalue weighted by Gasteiger charge is 2.14. The zero-order chi connectivity index (χ0) is 18.2. The van der Waals surface area contributed by atoms with Crippen LogP contribution in [0.1, 0.15) is 0 Å². The maximum absolute atomic E-state index is 4.71. The minimum atomic E-state index is 0.880. The number of rotatable bonds is 3. The molecule has 0 saturated heterocycles. The molecular weight excluding hydrogens is 438 g/mol. The molecule has 0 spiro atoms. The lowest BCUT2D eigenvalue weighted by molar-refractivity contribution is 0.961. The molecule has 0 aliphatic heterocycles. The molecule has 5 rings (SSSR count). The van der Waals surface area contributed by atoms with Gasteiger partial charge in [0.2, 0.25) is 0 Å². The van der Waals surface area contributed by atoms with E-state index in [2.05, 4.69) is 56.5 Å². The van der Waals surface area contributed by atoms with Gasteiger partial charge in [0.15, 0.2) is 4.34 Å². The molecule has 3 nitrogen and oxygen atoms in total. The molecule has 6 heteroatoms. The van der Waals surface area contributed by atoms with Crippen LogP contribution in [0.4, 0.5) is 0 Å². The number of halogens is 1. The maximum Gasteiger partial charge on any atom is 0.157 e. The first-order chi connectivity index (χ1) is 13.3. The molecule has 0 aliphatic carbocycles. The van der Waals surface area contributed by atoms with E-state index in [1.807, 2.05) is 42.5 Å². The SMILES string of the molecule is Brc1ccc(-c2nnc(Sc3nc4ccccc4s3)c3ccccc23)cc1. The molecule has 2 heterocycles.